The molecule has 0 amide bonds. The van der Waals surface area contributed by atoms with Crippen LogP contribution in [0.4, 0.5) is 0 Å². The smallest absolute Gasteiger partial charge is 0.148 e. The van der Waals surface area contributed by atoms with Gasteiger partial charge in [0.15, 0.2) is 0 Å². The Morgan fingerprint density at radius 2 is 1.90 bits per heavy atom. The number of rotatable bonds is 5. The number of ether oxygens (including phenoxy) is 1. The van der Waals surface area contributed by atoms with Crippen LogP contribution in [0.5, 0.6) is 5.75 Å². The zero-order valence-electron chi connectivity index (χ0n) is 11.2. The maximum absolute atomic E-state index is 5.86. The first-order chi connectivity index (χ1) is 9.51. The van der Waals surface area contributed by atoms with E-state index in [4.69, 9.17) is 4.74 Å². The van der Waals surface area contributed by atoms with Gasteiger partial charge in [-0.05, 0) is 69.5 Å². The monoisotopic (exact) mass is 464 g/mol. The zero-order valence-corrected chi connectivity index (χ0v) is 16.0. The lowest BCUT2D eigenvalue weighted by Crippen LogP contribution is -2.03. The summed E-state index contributed by atoms with van der Waals surface area (Å²) in [5.74, 6) is 0.800. The third kappa shape index (κ3) is 3.86. The molecular formula is C14H15Br3N2O. The van der Waals surface area contributed by atoms with Crippen LogP contribution in [0, 0.1) is 0 Å². The Balaban J connectivity index is 2.10. The quantitative estimate of drug-likeness (QED) is 0.547. The van der Waals surface area contributed by atoms with Crippen molar-refractivity contribution in [1.82, 2.24) is 9.78 Å². The van der Waals surface area contributed by atoms with Crippen LogP contribution in [0.25, 0.3) is 0 Å². The molecule has 0 fully saturated rings. The summed E-state index contributed by atoms with van der Waals surface area (Å²) in [6.45, 7) is 4.65. The standard InChI is InChI=1S/C14H15Br3N2O/c1-9(2)19-4-3-11(18-19)8-20-14-12(16)5-10(7-15)6-13(14)17/h3-6,9H,7-8H2,1-2H3. The highest BCUT2D eigenvalue weighted by molar-refractivity contribution is 9.11. The van der Waals surface area contributed by atoms with Gasteiger partial charge in [0.05, 0.1) is 14.6 Å². The Hall–Kier alpha value is -0.330. The molecule has 0 aliphatic heterocycles. The van der Waals surface area contributed by atoms with Crippen LogP contribution >= 0.6 is 47.8 Å². The van der Waals surface area contributed by atoms with Crippen LogP contribution in [0.3, 0.4) is 0 Å². The van der Waals surface area contributed by atoms with Gasteiger partial charge in [0, 0.05) is 17.6 Å². The molecule has 6 heteroatoms. The normalized spacial score (nSPS) is 11.1. The Labute approximate surface area is 144 Å². The van der Waals surface area contributed by atoms with Crippen LogP contribution in [0.15, 0.2) is 33.3 Å². The van der Waals surface area contributed by atoms with E-state index in [-0.39, 0.29) is 0 Å². The molecule has 0 N–H and O–H groups in total. The summed E-state index contributed by atoms with van der Waals surface area (Å²) in [6.07, 6.45) is 1.97. The van der Waals surface area contributed by atoms with Gasteiger partial charge in [-0.2, -0.15) is 5.10 Å². The molecule has 0 saturated carbocycles. The lowest BCUT2D eigenvalue weighted by molar-refractivity contribution is 0.295. The highest BCUT2D eigenvalue weighted by Gasteiger charge is 2.10. The molecule has 0 aliphatic carbocycles. The fourth-order valence-corrected chi connectivity index (χ4v) is 3.55. The predicted molar refractivity (Wildman–Crippen MR) is 91.4 cm³/mol. The van der Waals surface area contributed by atoms with Crippen molar-refractivity contribution in [3.05, 3.63) is 44.6 Å². The number of aromatic nitrogens is 2. The van der Waals surface area contributed by atoms with Crippen molar-refractivity contribution in [2.45, 2.75) is 31.8 Å². The first-order valence-electron chi connectivity index (χ1n) is 6.22. The molecule has 0 unspecified atom stereocenters. The summed E-state index contributed by atoms with van der Waals surface area (Å²) in [7, 11) is 0. The number of alkyl halides is 1. The number of hydrogen-bond donors (Lipinski definition) is 0. The van der Waals surface area contributed by atoms with E-state index >= 15 is 0 Å². The zero-order chi connectivity index (χ0) is 14.7. The average molecular weight is 467 g/mol. The predicted octanol–water partition coefficient (Wildman–Crippen LogP) is 5.46. The molecule has 0 saturated heterocycles. The molecule has 1 aromatic carbocycles. The van der Waals surface area contributed by atoms with E-state index in [2.05, 4.69) is 66.7 Å². The van der Waals surface area contributed by atoms with E-state index in [1.165, 1.54) is 5.56 Å². The lowest BCUT2D eigenvalue weighted by atomic mass is 10.2. The topological polar surface area (TPSA) is 27.1 Å². The van der Waals surface area contributed by atoms with Crippen molar-refractivity contribution in [3.8, 4) is 5.75 Å². The highest BCUT2D eigenvalue weighted by atomic mass is 79.9. The molecule has 20 heavy (non-hydrogen) atoms. The molecule has 0 atom stereocenters. The second kappa shape index (κ2) is 7.09. The number of halogens is 3. The minimum Gasteiger partial charge on any atom is -0.485 e. The van der Waals surface area contributed by atoms with Crippen LogP contribution < -0.4 is 4.74 Å². The molecule has 1 heterocycles. The summed E-state index contributed by atoms with van der Waals surface area (Å²) >= 11 is 10.5. The van der Waals surface area contributed by atoms with Gasteiger partial charge in [0.2, 0.25) is 0 Å². The average Bonchev–Trinajstić information content (AvgIpc) is 2.86. The first kappa shape index (κ1) is 16.0. The SMILES string of the molecule is CC(C)n1ccc(COc2c(Br)cc(CBr)cc2Br)n1. The van der Waals surface area contributed by atoms with Gasteiger partial charge in [-0.15, -0.1) is 0 Å². The molecule has 0 aliphatic rings. The molecule has 0 spiro atoms. The summed E-state index contributed by atoms with van der Waals surface area (Å²) in [4.78, 5) is 0. The van der Waals surface area contributed by atoms with Crippen molar-refractivity contribution in [1.29, 1.82) is 0 Å². The van der Waals surface area contributed by atoms with Crippen LogP contribution in [0.1, 0.15) is 31.1 Å². The van der Waals surface area contributed by atoms with Crippen LogP contribution in [0.2, 0.25) is 0 Å². The fourth-order valence-electron chi connectivity index (χ4n) is 1.72. The molecule has 108 valence electrons. The summed E-state index contributed by atoms with van der Waals surface area (Å²) < 4.78 is 9.66. The molecule has 2 rings (SSSR count). The summed E-state index contributed by atoms with van der Waals surface area (Å²) in [6, 6.07) is 6.43. The van der Waals surface area contributed by atoms with Crippen molar-refractivity contribution >= 4 is 47.8 Å². The van der Waals surface area contributed by atoms with Crippen molar-refractivity contribution in [2.75, 3.05) is 0 Å². The van der Waals surface area contributed by atoms with Crippen LogP contribution in [-0.2, 0) is 11.9 Å². The molecule has 1 aromatic heterocycles. The Morgan fingerprint density at radius 1 is 1.25 bits per heavy atom. The second-order valence-electron chi connectivity index (χ2n) is 4.69. The number of benzene rings is 1. The maximum Gasteiger partial charge on any atom is 0.148 e. The van der Waals surface area contributed by atoms with E-state index in [1.807, 2.05) is 29.1 Å². The van der Waals surface area contributed by atoms with Gasteiger partial charge >= 0.3 is 0 Å². The molecule has 2 aromatic rings. The van der Waals surface area contributed by atoms with E-state index in [9.17, 15) is 0 Å². The van der Waals surface area contributed by atoms with Gasteiger partial charge < -0.3 is 4.74 Å². The second-order valence-corrected chi connectivity index (χ2v) is 6.96. The largest absolute Gasteiger partial charge is 0.485 e. The maximum atomic E-state index is 5.86. The van der Waals surface area contributed by atoms with Gasteiger partial charge in [-0.3, -0.25) is 4.68 Å². The van der Waals surface area contributed by atoms with Crippen molar-refractivity contribution < 1.29 is 4.74 Å². The van der Waals surface area contributed by atoms with Crippen LogP contribution in [-0.4, -0.2) is 9.78 Å². The third-order valence-electron chi connectivity index (χ3n) is 2.77. The van der Waals surface area contributed by atoms with Gasteiger partial charge in [-0.1, -0.05) is 15.9 Å². The Bertz CT molecular complexity index is 573. The minimum atomic E-state index is 0.362. The third-order valence-corrected chi connectivity index (χ3v) is 4.59. The number of nitrogens with zero attached hydrogens (tertiary/aromatic N) is 2. The van der Waals surface area contributed by atoms with E-state index < -0.39 is 0 Å². The summed E-state index contributed by atoms with van der Waals surface area (Å²) in [5, 5.41) is 5.28. The summed E-state index contributed by atoms with van der Waals surface area (Å²) in [5.41, 5.74) is 2.10. The Kier molecular flexibility index (Phi) is 5.69. The van der Waals surface area contributed by atoms with Gasteiger partial charge in [0.25, 0.3) is 0 Å². The fraction of sp³-hybridized carbons (Fsp3) is 0.357. The van der Waals surface area contributed by atoms with E-state index in [1.54, 1.807) is 0 Å². The van der Waals surface area contributed by atoms with Crippen molar-refractivity contribution in [2.24, 2.45) is 0 Å². The minimum absolute atomic E-state index is 0.362. The van der Waals surface area contributed by atoms with Gasteiger partial charge in [0.1, 0.15) is 12.4 Å². The van der Waals surface area contributed by atoms with Gasteiger partial charge in [-0.25, -0.2) is 0 Å². The molecule has 0 bridgehead atoms. The molecule has 0 radical (unpaired) electrons. The lowest BCUT2D eigenvalue weighted by Gasteiger charge is -2.11. The Morgan fingerprint density at radius 3 is 2.40 bits per heavy atom. The van der Waals surface area contributed by atoms with E-state index in [0.717, 1.165) is 25.7 Å². The van der Waals surface area contributed by atoms with E-state index in [0.29, 0.717) is 12.6 Å². The van der Waals surface area contributed by atoms with Crippen molar-refractivity contribution in [3.63, 3.8) is 0 Å². The first-order valence-corrected chi connectivity index (χ1v) is 8.92. The molecule has 3 nitrogen and oxygen atoms in total. The molecular weight excluding hydrogens is 452 g/mol. The number of hydrogen-bond acceptors (Lipinski definition) is 2. The highest BCUT2D eigenvalue weighted by Crippen LogP contribution is 2.35.